The van der Waals surface area contributed by atoms with Crippen LogP contribution in [0.3, 0.4) is 0 Å². The lowest BCUT2D eigenvalue weighted by atomic mass is 9.91. The van der Waals surface area contributed by atoms with Gasteiger partial charge in [0.1, 0.15) is 11.2 Å². The van der Waals surface area contributed by atoms with E-state index in [-0.39, 0.29) is 49.8 Å². The van der Waals surface area contributed by atoms with Crippen LogP contribution < -0.4 is 0 Å². The highest BCUT2D eigenvalue weighted by atomic mass is 16.6. The third-order valence-corrected chi connectivity index (χ3v) is 6.69. The van der Waals surface area contributed by atoms with Crippen LogP contribution in [-0.4, -0.2) is 114 Å². The highest BCUT2D eigenvalue weighted by Crippen LogP contribution is 2.27. The molecule has 0 bridgehead atoms. The minimum Gasteiger partial charge on any atom is -0.383 e. The number of hydrogen-bond donors (Lipinski definition) is 2. The van der Waals surface area contributed by atoms with E-state index in [0.717, 1.165) is 0 Å². The number of hydrogen-bond acceptors (Lipinski definition) is 10. The number of ether oxygens (including phenoxy) is 8. The Kier molecular flexibility index (Phi) is 18.5. The van der Waals surface area contributed by atoms with Gasteiger partial charge in [-0.1, -0.05) is 24.3 Å². The molecule has 0 spiro atoms. The van der Waals surface area contributed by atoms with Crippen molar-refractivity contribution in [3.05, 3.63) is 35.4 Å². The van der Waals surface area contributed by atoms with Crippen LogP contribution in [0, 0.1) is 0 Å². The monoisotopic (exact) mass is 602 g/mol. The van der Waals surface area contributed by atoms with E-state index in [1.165, 1.54) is 0 Å². The largest absolute Gasteiger partial charge is 0.383 e. The van der Waals surface area contributed by atoms with Crippen molar-refractivity contribution in [2.45, 2.75) is 103 Å². The summed E-state index contributed by atoms with van der Waals surface area (Å²) >= 11 is 0. The first-order valence-corrected chi connectivity index (χ1v) is 14.9. The third kappa shape index (κ3) is 16.0. The van der Waals surface area contributed by atoms with Crippen molar-refractivity contribution in [3.8, 4) is 0 Å². The van der Waals surface area contributed by atoms with Gasteiger partial charge in [-0.15, -0.1) is 0 Å². The molecule has 2 N–H and O–H groups in total. The molecule has 0 aliphatic rings. The fraction of sp³-hybridized carbons (Fsp3) is 0.812. The number of rotatable bonds is 24. The summed E-state index contributed by atoms with van der Waals surface area (Å²) in [6.45, 7) is 18.0. The van der Waals surface area contributed by atoms with Crippen molar-refractivity contribution in [1.82, 2.24) is 0 Å². The Morgan fingerprint density at radius 3 is 0.976 bits per heavy atom. The van der Waals surface area contributed by atoms with E-state index in [0.29, 0.717) is 50.8 Å². The van der Waals surface area contributed by atoms with Gasteiger partial charge < -0.3 is 48.1 Å². The molecule has 0 heterocycles. The Balaban J connectivity index is 2.47. The van der Waals surface area contributed by atoms with Crippen molar-refractivity contribution in [1.29, 1.82) is 0 Å². The van der Waals surface area contributed by atoms with Gasteiger partial charge >= 0.3 is 0 Å². The normalized spacial score (nSPS) is 19.3. The van der Waals surface area contributed by atoms with Crippen molar-refractivity contribution in [3.63, 3.8) is 0 Å². The van der Waals surface area contributed by atoms with E-state index in [4.69, 9.17) is 37.9 Å². The fourth-order valence-electron chi connectivity index (χ4n) is 3.92. The minimum atomic E-state index is -1.22. The molecule has 0 aliphatic heterocycles. The van der Waals surface area contributed by atoms with E-state index >= 15 is 0 Å². The smallest absolute Gasteiger partial charge is 0.110 e. The molecule has 8 unspecified atom stereocenters. The topological polar surface area (TPSA) is 114 Å². The van der Waals surface area contributed by atoms with Crippen LogP contribution in [0.25, 0.3) is 0 Å². The van der Waals surface area contributed by atoms with Gasteiger partial charge in [-0.05, 0) is 66.5 Å². The Morgan fingerprint density at radius 1 is 0.476 bits per heavy atom. The lowest BCUT2D eigenvalue weighted by Crippen LogP contribution is -2.33. The lowest BCUT2D eigenvalue weighted by molar-refractivity contribution is -0.105. The highest BCUT2D eigenvalue weighted by molar-refractivity contribution is 5.30. The zero-order valence-electron chi connectivity index (χ0n) is 27.6. The molecule has 0 saturated carbocycles. The summed E-state index contributed by atoms with van der Waals surface area (Å²) in [5.74, 6) is 0. The first kappa shape index (κ1) is 38.8. The summed E-state index contributed by atoms with van der Waals surface area (Å²) in [5.41, 5.74) is -1.06. The Labute approximate surface area is 253 Å². The second-order valence-corrected chi connectivity index (χ2v) is 11.9. The van der Waals surface area contributed by atoms with Crippen molar-refractivity contribution >= 4 is 0 Å². The van der Waals surface area contributed by atoms with Gasteiger partial charge in [0.15, 0.2) is 0 Å². The second kappa shape index (κ2) is 20.0. The lowest BCUT2D eigenvalue weighted by Gasteiger charge is -2.29. The van der Waals surface area contributed by atoms with Gasteiger partial charge in [0.2, 0.25) is 0 Å². The van der Waals surface area contributed by atoms with E-state index < -0.39 is 11.2 Å². The standard InChI is InChI=1S/C32H58O10/c1-23(15-35-9)37-17-25(3)39-19-27(5)41-21-31(7,33)29-11-13-30(14-12-29)32(8,34)22-42-28(6)20-40-26(4)18-38-24(2)16-36-10/h11-14,23-28,33-34H,15-22H2,1-10H3. The van der Waals surface area contributed by atoms with Crippen LogP contribution in [0.5, 0.6) is 0 Å². The Hall–Kier alpha value is -1.18. The molecule has 8 atom stereocenters. The zero-order valence-corrected chi connectivity index (χ0v) is 27.6. The third-order valence-electron chi connectivity index (χ3n) is 6.69. The van der Waals surface area contributed by atoms with Crippen LogP contribution in [-0.2, 0) is 49.1 Å². The maximum Gasteiger partial charge on any atom is 0.110 e. The maximum atomic E-state index is 11.1. The molecule has 1 rings (SSSR count). The molecule has 246 valence electrons. The predicted molar refractivity (Wildman–Crippen MR) is 162 cm³/mol. The first-order valence-electron chi connectivity index (χ1n) is 14.9. The SMILES string of the molecule is COCC(C)OCC(C)OCC(C)OCC(C)(O)c1ccc(C(C)(O)COC(C)COC(C)COC(C)COC)cc1. The zero-order chi connectivity index (χ0) is 31.8. The van der Waals surface area contributed by atoms with Gasteiger partial charge in [0, 0.05) is 14.2 Å². The number of aliphatic hydroxyl groups is 2. The molecule has 0 radical (unpaired) electrons. The average molecular weight is 603 g/mol. The minimum absolute atomic E-state index is 0.00566. The van der Waals surface area contributed by atoms with Crippen LogP contribution in [0.2, 0.25) is 0 Å². The molecule has 42 heavy (non-hydrogen) atoms. The molecule has 1 aromatic carbocycles. The molecule has 1 aromatic rings. The van der Waals surface area contributed by atoms with E-state index in [9.17, 15) is 10.2 Å². The van der Waals surface area contributed by atoms with E-state index in [2.05, 4.69) is 0 Å². The molecule has 0 aromatic heterocycles. The van der Waals surface area contributed by atoms with Crippen LogP contribution in [0.15, 0.2) is 24.3 Å². The summed E-state index contributed by atoms with van der Waals surface area (Å²) in [5, 5.41) is 22.1. The average Bonchev–Trinajstić information content (AvgIpc) is 2.95. The van der Waals surface area contributed by atoms with E-state index in [1.54, 1.807) is 52.3 Å². The van der Waals surface area contributed by atoms with E-state index in [1.807, 2.05) is 41.5 Å². The maximum absolute atomic E-state index is 11.1. The van der Waals surface area contributed by atoms with Gasteiger partial charge in [-0.25, -0.2) is 0 Å². The molecule has 10 nitrogen and oxygen atoms in total. The molecule has 0 saturated heterocycles. The summed E-state index contributed by atoms with van der Waals surface area (Å²) in [4.78, 5) is 0. The van der Waals surface area contributed by atoms with Crippen LogP contribution in [0.4, 0.5) is 0 Å². The summed E-state index contributed by atoms with van der Waals surface area (Å²) in [7, 11) is 3.29. The predicted octanol–water partition coefficient (Wildman–Crippen LogP) is 3.83. The molecular formula is C32H58O10. The second-order valence-electron chi connectivity index (χ2n) is 11.9. The first-order chi connectivity index (χ1) is 19.7. The summed E-state index contributed by atoms with van der Waals surface area (Å²) in [6.07, 6.45) is -0.596. The summed E-state index contributed by atoms with van der Waals surface area (Å²) in [6, 6.07) is 7.20. The highest BCUT2D eigenvalue weighted by Gasteiger charge is 2.28. The quantitative estimate of drug-likeness (QED) is 0.181. The molecule has 0 fully saturated rings. The van der Waals surface area contributed by atoms with Crippen molar-refractivity contribution < 1.29 is 48.1 Å². The number of methoxy groups -OCH3 is 2. The van der Waals surface area contributed by atoms with Crippen LogP contribution >= 0.6 is 0 Å². The fourth-order valence-corrected chi connectivity index (χ4v) is 3.92. The van der Waals surface area contributed by atoms with Gasteiger partial charge in [0.25, 0.3) is 0 Å². The molecule has 0 aliphatic carbocycles. The van der Waals surface area contributed by atoms with Crippen molar-refractivity contribution in [2.24, 2.45) is 0 Å². The summed E-state index contributed by atoms with van der Waals surface area (Å²) < 4.78 is 44.9. The van der Waals surface area contributed by atoms with Gasteiger partial charge in [-0.2, -0.15) is 0 Å². The molecule has 10 heteroatoms. The number of benzene rings is 1. The molecule has 0 amide bonds. The Bertz CT molecular complexity index is 749. The van der Waals surface area contributed by atoms with Gasteiger partial charge in [-0.3, -0.25) is 0 Å². The van der Waals surface area contributed by atoms with Gasteiger partial charge in [0.05, 0.1) is 89.5 Å². The van der Waals surface area contributed by atoms with Crippen molar-refractivity contribution in [2.75, 3.05) is 67.1 Å². The Morgan fingerprint density at radius 2 is 0.714 bits per heavy atom. The van der Waals surface area contributed by atoms with Crippen LogP contribution in [0.1, 0.15) is 66.5 Å². The molecular weight excluding hydrogens is 544 g/mol.